The molecular weight excluding hydrogens is 450 g/mol. The number of aromatic nitrogens is 1. The second kappa shape index (κ2) is 9.80. The number of nitrogens with two attached hydrogens (primary N) is 1. The Balaban J connectivity index is 1.25. The third kappa shape index (κ3) is 4.68. The molecule has 5 rings (SSSR count). The first-order valence-electron chi connectivity index (χ1n) is 12.1. The molecule has 4 aliphatic rings. The number of nitrogens with one attached hydrogen (secondary N) is 1. The van der Waals surface area contributed by atoms with Crippen LogP contribution in [-0.4, -0.2) is 125 Å². The van der Waals surface area contributed by atoms with Crippen LogP contribution in [0.4, 0.5) is 10.6 Å². The number of hydrogen-bond donors (Lipinski definition) is 2. The van der Waals surface area contributed by atoms with Gasteiger partial charge >= 0.3 is 6.03 Å². The van der Waals surface area contributed by atoms with Gasteiger partial charge in [-0.2, -0.15) is 0 Å². The van der Waals surface area contributed by atoms with Gasteiger partial charge in [-0.1, -0.05) is 12.1 Å². The van der Waals surface area contributed by atoms with Gasteiger partial charge in [-0.05, 0) is 12.1 Å². The minimum Gasteiger partial charge on any atom is -0.353 e. The Morgan fingerprint density at radius 2 is 1.91 bits per heavy atom. The molecule has 35 heavy (non-hydrogen) atoms. The molecule has 188 valence electrons. The van der Waals surface area contributed by atoms with Crippen LogP contribution in [0, 0.1) is 0 Å². The van der Waals surface area contributed by atoms with E-state index < -0.39 is 12.2 Å². The van der Waals surface area contributed by atoms with E-state index in [2.05, 4.69) is 21.7 Å². The summed E-state index contributed by atoms with van der Waals surface area (Å²) in [4.78, 5) is 50.5. The summed E-state index contributed by atoms with van der Waals surface area (Å²) in [5.74, 6) is 0.522. The van der Waals surface area contributed by atoms with Crippen LogP contribution in [0.25, 0.3) is 0 Å². The van der Waals surface area contributed by atoms with Crippen molar-refractivity contribution in [2.45, 2.75) is 18.8 Å². The molecule has 5 heterocycles. The number of hydrogen-bond acceptors (Lipinski definition) is 8. The molecule has 4 fully saturated rings. The third-order valence-electron chi connectivity index (χ3n) is 7.19. The van der Waals surface area contributed by atoms with E-state index in [0.717, 1.165) is 50.8 Å². The number of hydrazine groups is 1. The van der Waals surface area contributed by atoms with Crippen LogP contribution in [-0.2, 0) is 16.1 Å². The lowest BCUT2D eigenvalue weighted by atomic mass is 10.1. The van der Waals surface area contributed by atoms with Gasteiger partial charge in [0.1, 0.15) is 18.5 Å². The van der Waals surface area contributed by atoms with E-state index in [0.29, 0.717) is 19.1 Å². The van der Waals surface area contributed by atoms with Crippen LogP contribution >= 0.6 is 0 Å². The summed E-state index contributed by atoms with van der Waals surface area (Å²) in [5.41, 5.74) is 6.43. The van der Waals surface area contributed by atoms with Gasteiger partial charge in [0.2, 0.25) is 11.8 Å². The van der Waals surface area contributed by atoms with Crippen molar-refractivity contribution in [3.63, 3.8) is 0 Å². The van der Waals surface area contributed by atoms with E-state index in [1.165, 1.54) is 9.91 Å². The van der Waals surface area contributed by atoms with Crippen molar-refractivity contribution >= 4 is 23.7 Å². The van der Waals surface area contributed by atoms with E-state index in [1.807, 2.05) is 18.2 Å². The molecule has 12 nitrogen and oxygen atoms in total. The Kier molecular flexibility index (Phi) is 6.58. The number of urea groups is 1. The minimum absolute atomic E-state index is 0.0207. The number of fused-ring (bicyclic) bond motifs is 1. The summed E-state index contributed by atoms with van der Waals surface area (Å²) in [5, 5.41) is 6.33. The molecule has 1 unspecified atom stereocenters. The van der Waals surface area contributed by atoms with Crippen molar-refractivity contribution in [1.29, 1.82) is 0 Å². The predicted octanol–water partition coefficient (Wildman–Crippen LogP) is -1.53. The number of primary amides is 1. The maximum absolute atomic E-state index is 12.9. The summed E-state index contributed by atoms with van der Waals surface area (Å²) in [6.07, 6.45) is 0.965. The number of carbonyl (C=O) groups excluding carboxylic acids is 3. The van der Waals surface area contributed by atoms with Gasteiger partial charge in [0.25, 0.3) is 0 Å². The van der Waals surface area contributed by atoms with Gasteiger partial charge in [-0.3, -0.25) is 14.5 Å². The number of pyridine rings is 1. The maximum atomic E-state index is 12.9. The van der Waals surface area contributed by atoms with Crippen molar-refractivity contribution in [1.82, 2.24) is 35.0 Å². The summed E-state index contributed by atoms with van der Waals surface area (Å²) < 4.78 is 0. The number of anilines is 1. The molecule has 1 aromatic heterocycles. The van der Waals surface area contributed by atoms with Gasteiger partial charge in [0, 0.05) is 51.9 Å². The zero-order chi connectivity index (χ0) is 24.5. The van der Waals surface area contributed by atoms with E-state index in [9.17, 15) is 14.4 Å². The molecule has 0 spiro atoms. The largest absolute Gasteiger partial charge is 0.353 e. The highest BCUT2D eigenvalue weighted by atomic mass is 16.2. The lowest BCUT2D eigenvalue weighted by molar-refractivity contribution is -0.180. The lowest BCUT2D eigenvalue weighted by Crippen LogP contribution is -2.73. The van der Waals surface area contributed by atoms with Crippen LogP contribution < -0.4 is 16.0 Å². The van der Waals surface area contributed by atoms with Crippen molar-refractivity contribution in [3.8, 4) is 0 Å². The molecule has 1 aromatic rings. The highest BCUT2D eigenvalue weighted by molar-refractivity contribution is 5.89. The molecule has 0 saturated carbocycles. The molecule has 1 atom stereocenters. The Bertz CT molecular complexity index is 992. The van der Waals surface area contributed by atoms with Crippen molar-refractivity contribution < 1.29 is 14.4 Å². The Morgan fingerprint density at radius 1 is 1.14 bits per heavy atom. The average molecular weight is 484 g/mol. The number of rotatable bonds is 6. The van der Waals surface area contributed by atoms with Crippen LogP contribution in [0.15, 0.2) is 30.9 Å². The fraction of sp³-hybridized carbons (Fsp3) is 0.565. The van der Waals surface area contributed by atoms with Gasteiger partial charge in [-0.25, -0.2) is 19.8 Å². The Hall–Kier alpha value is -3.22. The lowest BCUT2D eigenvalue weighted by Gasteiger charge is -2.51. The van der Waals surface area contributed by atoms with Crippen LogP contribution in [0.3, 0.4) is 0 Å². The van der Waals surface area contributed by atoms with E-state index >= 15 is 0 Å². The molecule has 0 radical (unpaired) electrons. The SMILES string of the molecule is C=CCN1CC(=O)N2CC(=O)N(Cc3cccc(N4CC(N5CCNCC5)C4)n3)CC2N1C(N)=O. The molecule has 0 aromatic carbocycles. The predicted molar refractivity (Wildman–Crippen MR) is 129 cm³/mol. The smallest absolute Gasteiger partial charge is 0.331 e. The molecule has 0 bridgehead atoms. The highest BCUT2D eigenvalue weighted by Gasteiger charge is 2.46. The number of piperazine rings is 2. The molecule has 4 aliphatic heterocycles. The second-order valence-electron chi connectivity index (χ2n) is 9.43. The Labute approximate surface area is 204 Å². The van der Waals surface area contributed by atoms with Gasteiger partial charge in [-0.15, -0.1) is 6.58 Å². The molecule has 4 saturated heterocycles. The van der Waals surface area contributed by atoms with Crippen molar-refractivity contribution in [2.24, 2.45) is 5.73 Å². The minimum atomic E-state index is -0.666. The zero-order valence-electron chi connectivity index (χ0n) is 19.9. The standard InChI is InChI=1S/C23H33N9O3/c1-2-8-30-15-22(34)31-16-21(33)29(14-20(31)32(30)23(24)35)11-17-4-3-5-19(26-17)28-12-18(13-28)27-9-6-25-7-10-27/h2-5,18,20,25H,1,6-16H2,(H2,24,35). The quantitative estimate of drug-likeness (QED) is 0.468. The summed E-state index contributed by atoms with van der Waals surface area (Å²) in [6.45, 7) is 10.5. The van der Waals surface area contributed by atoms with Crippen molar-refractivity contribution in [3.05, 3.63) is 36.5 Å². The highest BCUT2D eigenvalue weighted by Crippen LogP contribution is 2.25. The zero-order valence-corrected chi connectivity index (χ0v) is 19.9. The van der Waals surface area contributed by atoms with E-state index in [4.69, 9.17) is 10.7 Å². The summed E-state index contributed by atoms with van der Waals surface area (Å²) >= 11 is 0. The maximum Gasteiger partial charge on any atom is 0.331 e. The second-order valence-corrected chi connectivity index (χ2v) is 9.43. The van der Waals surface area contributed by atoms with E-state index in [1.54, 1.807) is 16.0 Å². The first kappa shape index (κ1) is 23.5. The molecule has 3 N–H and O–H groups in total. The molecular formula is C23H33N9O3. The molecule has 12 heteroatoms. The number of amides is 4. The Morgan fingerprint density at radius 3 is 2.63 bits per heavy atom. The topological polar surface area (TPSA) is 122 Å². The first-order chi connectivity index (χ1) is 16.9. The van der Waals surface area contributed by atoms with Crippen LogP contribution in [0.1, 0.15) is 5.69 Å². The fourth-order valence-corrected chi connectivity index (χ4v) is 5.31. The summed E-state index contributed by atoms with van der Waals surface area (Å²) in [7, 11) is 0. The van der Waals surface area contributed by atoms with Crippen LogP contribution in [0.2, 0.25) is 0 Å². The number of nitrogens with zero attached hydrogens (tertiary/aromatic N) is 7. The van der Waals surface area contributed by atoms with Gasteiger partial charge < -0.3 is 25.8 Å². The van der Waals surface area contributed by atoms with E-state index in [-0.39, 0.29) is 31.4 Å². The fourth-order valence-electron chi connectivity index (χ4n) is 5.31. The molecule has 4 amide bonds. The normalized spacial score (nSPS) is 24.4. The monoisotopic (exact) mass is 483 g/mol. The molecule has 0 aliphatic carbocycles. The van der Waals surface area contributed by atoms with Crippen LogP contribution in [0.5, 0.6) is 0 Å². The average Bonchev–Trinajstić information content (AvgIpc) is 2.80. The summed E-state index contributed by atoms with van der Waals surface area (Å²) in [6, 6.07) is 5.75. The third-order valence-corrected chi connectivity index (χ3v) is 7.19. The van der Waals surface area contributed by atoms with Gasteiger partial charge in [0.15, 0.2) is 0 Å². The van der Waals surface area contributed by atoms with Crippen molar-refractivity contribution in [2.75, 3.05) is 70.3 Å². The first-order valence-corrected chi connectivity index (χ1v) is 12.1. The number of carbonyl (C=O) groups is 3. The van der Waals surface area contributed by atoms with Gasteiger partial charge in [0.05, 0.1) is 25.3 Å².